The number of hydrogen-bond acceptors (Lipinski definition) is 4. The molecule has 1 atom stereocenters. The number of anilines is 1. The Kier molecular flexibility index (Phi) is 7.13. The predicted octanol–water partition coefficient (Wildman–Crippen LogP) is 3.88. The van der Waals surface area contributed by atoms with Crippen LogP contribution in [-0.4, -0.2) is 22.8 Å². The largest absolute Gasteiger partial charge is 0.353 e. The number of rotatable bonds is 8. The number of amides is 2. The second kappa shape index (κ2) is 9.32. The highest BCUT2D eigenvalue weighted by molar-refractivity contribution is 7.14. The molecule has 0 radical (unpaired) electrons. The zero-order valence-corrected chi connectivity index (χ0v) is 15.7. The van der Waals surface area contributed by atoms with Crippen LogP contribution in [0.15, 0.2) is 35.7 Å². The second-order valence-electron chi connectivity index (χ2n) is 6.58. The molecule has 0 unspecified atom stereocenters. The Morgan fingerprint density at radius 3 is 2.52 bits per heavy atom. The number of carbonyl (C=O) groups excluding carboxylic acids is 2. The number of nitrogens with zero attached hydrogens (tertiary/aromatic N) is 1. The smallest absolute Gasteiger partial charge is 0.257 e. The zero-order chi connectivity index (χ0) is 18.2. The van der Waals surface area contributed by atoms with Gasteiger partial charge in [-0.2, -0.15) is 0 Å². The molecule has 25 heavy (non-hydrogen) atoms. The predicted molar refractivity (Wildman–Crippen MR) is 102 cm³/mol. The van der Waals surface area contributed by atoms with Gasteiger partial charge < -0.3 is 5.32 Å². The molecule has 134 valence electrons. The fourth-order valence-corrected chi connectivity index (χ4v) is 3.06. The average molecular weight is 359 g/mol. The third-order valence-corrected chi connectivity index (χ3v) is 4.54. The molecule has 0 bridgehead atoms. The van der Waals surface area contributed by atoms with Crippen molar-refractivity contribution in [2.75, 3.05) is 5.32 Å². The number of carbonyl (C=O) groups is 2. The molecule has 2 aromatic rings. The first-order valence-corrected chi connectivity index (χ1v) is 9.42. The molecule has 0 aliphatic rings. The minimum absolute atomic E-state index is 0.0394. The molecular weight excluding hydrogens is 334 g/mol. The van der Waals surface area contributed by atoms with Crippen LogP contribution in [-0.2, 0) is 11.2 Å². The van der Waals surface area contributed by atoms with Crippen molar-refractivity contribution in [3.8, 4) is 0 Å². The lowest BCUT2D eigenvalue weighted by molar-refractivity contribution is -0.121. The maximum atomic E-state index is 12.1. The minimum Gasteiger partial charge on any atom is -0.353 e. The van der Waals surface area contributed by atoms with Crippen molar-refractivity contribution in [3.63, 3.8) is 0 Å². The molecule has 1 heterocycles. The van der Waals surface area contributed by atoms with Gasteiger partial charge in [-0.3, -0.25) is 14.9 Å². The minimum atomic E-state index is -0.201. The normalized spacial score (nSPS) is 12.0. The van der Waals surface area contributed by atoms with Gasteiger partial charge in [0.05, 0.1) is 12.1 Å². The molecule has 0 spiro atoms. The van der Waals surface area contributed by atoms with Gasteiger partial charge in [0.15, 0.2) is 5.13 Å². The Hall–Kier alpha value is -2.21. The Morgan fingerprint density at radius 1 is 1.12 bits per heavy atom. The molecule has 0 aliphatic heterocycles. The summed E-state index contributed by atoms with van der Waals surface area (Å²) in [6.45, 7) is 6.37. The van der Waals surface area contributed by atoms with Crippen LogP contribution in [0.5, 0.6) is 0 Å². The molecule has 0 saturated heterocycles. The van der Waals surface area contributed by atoms with Gasteiger partial charge in [0, 0.05) is 17.0 Å². The molecule has 0 saturated carbocycles. The number of aromatic nitrogens is 1. The number of nitrogens with one attached hydrogen (secondary N) is 2. The van der Waals surface area contributed by atoms with E-state index in [0.29, 0.717) is 22.3 Å². The fraction of sp³-hybridized carbons (Fsp3) is 0.421. The molecule has 6 heteroatoms. The lowest BCUT2D eigenvalue weighted by Gasteiger charge is -2.14. The van der Waals surface area contributed by atoms with Gasteiger partial charge in [0.25, 0.3) is 5.91 Å². The van der Waals surface area contributed by atoms with Gasteiger partial charge in [-0.05, 0) is 37.8 Å². The molecule has 2 amide bonds. The molecule has 5 nitrogen and oxygen atoms in total. The Bertz CT molecular complexity index is 698. The molecule has 0 aliphatic carbocycles. The maximum absolute atomic E-state index is 12.1. The quantitative estimate of drug-likeness (QED) is 0.751. The van der Waals surface area contributed by atoms with Crippen molar-refractivity contribution >= 4 is 28.3 Å². The van der Waals surface area contributed by atoms with Gasteiger partial charge in [-0.1, -0.05) is 32.0 Å². The third-order valence-electron chi connectivity index (χ3n) is 3.73. The van der Waals surface area contributed by atoms with E-state index in [2.05, 4.69) is 29.5 Å². The monoisotopic (exact) mass is 359 g/mol. The van der Waals surface area contributed by atoms with Crippen molar-refractivity contribution < 1.29 is 9.59 Å². The topological polar surface area (TPSA) is 71.1 Å². The number of hydrogen-bond donors (Lipinski definition) is 2. The number of thiazole rings is 1. The van der Waals surface area contributed by atoms with Crippen LogP contribution in [0, 0.1) is 5.92 Å². The summed E-state index contributed by atoms with van der Waals surface area (Å²) >= 11 is 1.32. The van der Waals surface area contributed by atoms with E-state index in [1.54, 1.807) is 17.5 Å². The van der Waals surface area contributed by atoms with E-state index >= 15 is 0 Å². The first-order valence-electron chi connectivity index (χ1n) is 8.54. The molecule has 2 rings (SSSR count). The zero-order valence-electron chi connectivity index (χ0n) is 14.9. The van der Waals surface area contributed by atoms with Crippen molar-refractivity contribution in [1.29, 1.82) is 0 Å². The van der Waals surface area contributed by atoms with Crippen LogP contribution in [0.2, 0.25) is 0 Å². The van der Waals surface area contributed by atoms with E-state index in [4.69, 9.17) is 0 Å². The van der Waals surface area contributed by atoms with E-state index in [-0.39, 0.29) is 24.3 Å². The van der Waals surface area contributed by atoms with Gasteiger partial charge in [0.2, 0.25) is 5.91 Å². The van der Waals surface area contributed by atoms with Crippen molar-refractivity contribution in [2.45, 2.75) is 46.1 Å². The van der Waals surface area contributed by atoms with E-state index in [9.17, 15) is 9.59 Å². The molecule has 0 fully saturated rings. The van der Waals surface area contributed by atoms with Gasteiger partial charge in [-0.25, -0.2) is 4.98 Å². The van der Waals surface area contributed by atoms with E-state index in [1.165, 1.54) is 11.3 Å². The summed E-state index contributed by atoms with van der Waals surface area (Å²) in [5.74, 6) is 0.393. The van der Waals surface area contributed by atoms with Crippen molar-refractivity contribution in [3.05, 3.63) is 47.0 Å². The van der Waals surface area contributed by atoms with Crippen LogP contribution in [0.3, 0.4) is 0 Å². The SMILES string of the molecule is CC(C)CC[C@@H](C)NC(=O)Cc1csc(NC(=O)c2ccccc2)n1. The first-order chi connectivity index (χ1) is 11.9. The highest BCUT2D eigenvalue weighted by Gasteiger charge is 2.13. The molecule has 1 aromatic carbocycles. The molecular formula is C19H25N3O2S. The summed E-state index contributed by atoms with van der Waals surface area (Å²) in [5.41, 5.74) is 1.25. The van der Waals surface area contributed by atoms with Crippen LogP contribution < -0.4 is 10.6 Å². The highest BCUT2D eigenvalue weighted by atomic mass is 32.1. The van der Waals surface area contributed by atoms with Gasteiger partial charge >= 0.3 is 0 Å². The van der Waals surface area contributed by atoms with Gasteiger partial charge in [-0.15, -0.1) is 11.3 Å². The summed E-state index contributed by atoms with van der Waals surface area (Å²) in [6.07, 6.45) is 2.29. The Morgan fingerprint density at radius 2 is 1.84 bits per heavy atom. The maximum Gasteiger partial charge on any atom is 0.257 e. The molecule has 2 N–H and O–H groups in total. The van der Waals surface area contributed by atoms with E-state index < -0.39 is 0 Å². The summed E-state index contributed by atoms with van der Waals surface area (Å²) < 4.78 is 0. The third kappa shape index (κ3) is 6.66. The van der Waals surface area contributed by atoms with Gasteiger partial charge in [0.1, 0.15) is 0 Å². The highest BCUT2D eigenvalue weighted by Crippen LogP contribution is 2.17. The van der Waals surface area contributed by atoms with Crippen LogP contribution in [0.4, 0.5) is 5.13 Å². The number of benzene rings is 1. The lowest BCUT2D eigenvalue weighted by Crippen LogP contribution is -2.33. The Labute approximate surface area is 152 Å². The van der Waals surface area contributed by atoms with Crippen LogP contribution >= 0.6 is 11.3 Å². The lowest BCUT2D eigenvalue weighted by atomic mass is 10.0. The fourth-order valence-electron chi connectivity index (χ4n) is 2.35. The summed E-state index contributed by atoms with van der Waals surface area (Å²) in [4.78, 5) is 28.5. The van der Waals surface area contributed by atoms with E-state index in [0.717, 1.165) is 12.8 Å². The Balaban J connectivity index is 1.82. The van der Waals surface area contributed by atoms with Crippen LogP contribution in [0.1, 0.15) is 49.7 Å². The van der Waals surface area contributed by atoms with Crippen LogP contribution in [0.25, 0.3) is 0 Å². The summed E-state index contributed by atoms with van der Waals surface area (Å²) in [7, 11) is 0. The first kappa shape index (κ1) is 19.1. The summed E-state index contributed by atoms with van der Waals surface area (Å²) in [5, 5.41) is 8.07. The average Bonchev–Trinajstić information content (AvgIpc) is 3.00. The van der Waals surface area contributed by atoms with E-state index in [1.807, 2.05) is 25.1 Å². The van der Waals surface area contributed by atoms with Crippen molar-refractivity contribution in [2.24, 2.45) is 5.92 Å². The molecule has 1 aromatic heterocycles. The second-order valence-corrected chi connectivity index (χ2v) is 7.44. The standard InChI is InChI=1S/C19H25N3O2S/c1-13(2)9-10-14(3)20-17(23)11-16-12-25-19(21-16)22-18(24)15-7-5-4-6-8-15/h4-8,12-14H,9-11H2,1-3H3,(H,20,23)(H,21,22,24)/t14-/m1/s1. The summed E-state index contributed by atoms with van der Waals surface area (Å²) in [6, 6.07) is 9.14. The van der Waals surface area contributed by atoms with Crippen molar-refractivity contribution in [1.82, 2.24) is 10.3 Å².